The Hall–Kier alpha value is -0.0800. The van der Waals surface area contributed by atoms with Crippen molar-refractivity contribution in [2.75, 3.05) is 19.8 Å². The quantitative estimate of drug-likeness (QED) is 0.777. The smallest absolute Gasteiger partial charge is 0.0469 e. The third kappa shape index (κ3) is 2.78. The summed E-state index contributed by atoms with van der Waals surface area (Å²) in [6, 6.07) is 0.667. The molecule has 0 bridgehead atoms. The molecule has 2 heteroatoms. The number of hydrogen-bond acceptors (Lipinski definition) is 2. The van der Waals surface area contributed by atoms with Crippen molar-refractivity contribution in [3.05, 3.63) is 0 Å². The molecule has 1 saturated heterocycles. The molecular weight excluding hydrogens is 198 g/mol. The van der Waals surface area contributed by atoms with E-state index in [1.54, 1.807) is 0 Å². The van der Waals surface area contributed by atoms with E-state index in [4.69, 9.17) is 4.74 Å². The molecule has 2 rings (SSSR count). The molecule has 0 radical (unpaired) electrons. The van der Waals surface area contributed by atoms with Crippen molar-refractivity contribution < 1.29 is 4.74 Å². The summed E-state index contributed by atoms with van der Waals surface area (Å²) >= 11 is 0. The zero-order chi connectivity index (χ0) is 11.6. The highest BCUT2D eigenvalue weighted by Crippen LogP contribution is 2.51. The van der Waals surface area contributed by atoms with Gasteiger partial charge in [-0.25, -0.2) is 0 Å². The van der Waals surface area contributed by atoms with Crippen molar-refractivity contribution in [3.63, 3.8) is 0 Å². The fourth-order valence-electron chi connectivity index (χ4n) is 2.87. The van der Waals surface area contributed by atoms with Crippen LogP contribution in [0.3, 0.4) is 0 Å². The molecule has 1 atom stereocenters. The molecule has 1 unspecified atom stereocenters. The van der Waals surface area contributed by atoms with Gasteiger partial charge in [0.1, 0.15) is 0 Å². The van der Waals surface area contributed by atoms with E-state index < -0.39 is 0 Å². The van der Waals surface area contributed by atoms with Gasteiger partial charge in [-0.2, -0.15) is 0 Å². The summed E-state index contributed by atoms with van der Waals surface area (Å²) in [5.74, 6) is 1.67. The Labute approximate surface area is 100 Å². The van der Waals surface area contributed by atoms with Gasteiger partial charge >= 0.3 is 0 Å². The Morgan fingerprint density at radius 2 is 1.81 bits per heavy atom. The van der Waals surface area contributed by atoms with Crippen LogP contribution in [-0.2, 0) is 4.74 Å². The van der Waals surface area contributed by atoms with E-state index in [9.17, 15) is 0 Å². The number of rotatable bonds is 5. The fraction of sp³-hybridized carbons (Fsp3) is 1.00. The highest BCUT2D eigenvalue weighted by atomic mass is 16.5. The van der Waals surface area contributed by atoms with Crippen molar-refractivity contribution in [2.45, 2.75) is 52.5 Å². The first-order valence-electron chi connectivity index (χ1n) is 6.95. The highest BCUT2D eigenvalue weighted by Gasteiger charge is 2.45. The minimum absolute atomic E-state index is 0.638. The first-order valence-corrected chi connectivity index (χ1v) is 6.95. The summed E-state index contributed by atoms with van der Waals surface area (Å²) < 4.78 is 5.42. The molecule has 0 amide bonds. The van der Waals surface area contributed by atoms with E-state index in [-0.39, 0.29) is 0 Å². The van der Waals surface area contributed by atoms with Crippen LogP contribution in [0.2, 0.25) is 0 Å². The SMILES string of the molecule is CC(NCC1(C(C)C)CC1)C1CCOCC1. The molecule has 1 N–H and O–H groups in total. The molecule has 0 spiro atoms. The molecule has 2 aliphatic rings. The van der Waals surface area contributed by atoms with Crippen molar-refractivity contribution >= 4 is 0 Å². The number of ether oxygens (including phenoxy) is 1. The van der Waals surface area contributed by atoms with Crippen LogP contribution in [0, 0.1) is 17.3 Å². The van der Waals surface area contributed by atoms with Crippen LogP contribution in [0.15, 0.2) is 0 Å². The molecule has 2 nitrogen and oxygen atoms in total. The van der Waals surface area contributed by atoms with Crippen LogP contribution in [0.5, 0.6) is 0 Å². The topological polar surface area (TPSA) is 21.3 Å². The Balaban J connectivity index is 1.72. The normalized spacial score (nSPS) is 27.0. The predicted molar refractivity (Wildman–Crippen MR) is 67.5 cm³/mol. The second-order valence-corrected chi connectivity index (χ2v) is 6.14. The van der Waals surface area contributed by atoms with Crippen LogP contribution in [0.4, 0.5) is 0 Å². The molecule has 0 aromatic carbocycles. The average molecular weight is 225 g/mol. The summed E-state index contributed by atoms with van der Waals surface area (Å²) in [7, 11) is 0. The molecule has 1 aliphatic heterocycles. The Bertz CT molecular complexity index is 217. The van der Waals surface area contributed by atoms with Gasteiger partial charge in [-0.1, -0.05) is 13.8 Å². The monoisotopic (exact) mass is 225 g/mol. The number of hydrogen-bond donors (Lipinski definition) is 1. The van der Waals surface area contributed by atoms with Gasteiger partial charge in [0.15, 0.2) is 0 Å². The van der Waals surface area contributed by atoms with Gasteiger partial charge < -0.3 is 10.1 Å². The third-order valence-corrected chi connectivity index (χ3v) is 4.87. The zero-order valence-corrected chi connectivity index (χ0v) is 11.1. The largest absolute Gasteiger partial charge is 0.381 e. The average Bonchev–Trinajstić information content (AvgIpc) is 3.08. The van der Waals surface area contributed by atoms with E-state index in [1.165, 1.54) is 32.2 Å². The molecule has 1 aliphatic carbocycles. The highest BCUT2D eigenvalue weighted by molar-refractivity contribution is 4.97. The first-order chi connectivity index (χ1) is 7.64. The summed E-state index contributed by atoms with van der Waals surface area (Å²) in [6.45, 7) is 10.2. The van der Waals surface area contributed by atoms with Crippen molar-refractivity contribution in [3.8, 4) is 0 Å². The summed E-state index contributed by atoms with van der Waals surface area (Å²) in [4.78, 5) is 0. The third-order valence-electron chi connectivity index (χ3n) is 4.87. The van der Waals surface area contributed by atoms with Crippen molar-refractivity contribution in [2.24, 2.45) is 17.3 Å². The van der Waals surface area contributed by atoms with E-state index in [1.807, 2.05) is 0 Å². The summed E-state index contributed by atoms with van der Waals surface area (Å²) in [6.07, 6.45) is 5.34. The Kier molecular flexibility index (Phi) is 3.91. The molecule has 2 fully saturated rings. The minimum Gasteiger partial charge on any atom is -0.381 e. The molecule has 0 aromatic heterocycles. The molecule has 1 heterocycles. The van der Waals surface area contributed by atoms with Gasteiger partial charge in [-0.15, -0.1) is 0 Å². The van der Waals surface area contributed by atoms with Crippen molar-refractivity contribution in [1.29, 1.82) is 0 Å². The van der Waals surface area contributed by atoms with E-state index in [0.29, 0.717) is 11.5 Å². The molecule has 94 valence electrons. The molecule has 16 heavy (non-hydrogen) atoms. The van der Waals surface area contributed by atoms with Gasteiger partial charge in [0, 0.05) is 25.8 Å². The van der Waals surface area contributed by atoms with Gasteiger partial charge in [0.05, 0.1) is 0 Å². The van der Waals surface area contributed by atoms with Gasteiger partial charge in [0.25, 0.3) is 0 Å². The number of nitrogens with one attached hydrogen (secondary N) is 1. The molecular formula is C14H27NO. The van der Waals surface area contributed by atoms with Crippen LogP contribution in [-0.4, -0.2) is 25.8 Å². The Morgan fingerprint density at radius 3 is 2.31 bits per heavy atom. The van der Waals surface area contributed by atoms with Gasteiger partial charge in [-0.05, 0) is 49.9 Å². The lowest BCUT2D eigenvalue weighted by atomic mass is 9.89. The van der Waals surface area contributed by atoms with Crippen LogP contribution >= 0.6 is 0 Å². The fourth-order valence-corrected chi connectivity index (χ4v) is 2.87. The molecule has 0 aromatic rings. The standard InChI is InChI=1S/C14H27NO/c1-11(2)14(6-7-14)10-15-12(3)13-4-8-16-9-5-13/h11-13,15H,4-10H2,1-3H3. The van der Waals surface area contributed by atoms with Crippen LogP contribution in [0.1, 0.15) is 46.5 Å². The zero-order valence-electron chi connectivity index (χ0n) is 11.1. The van der Waals surface area contributed by atoms with Crippen LogP contribution < -0.4 is 5.32 Å². The lowest BCUT2D eigenvalue weighted by Gasteiger charge is -2.30. The van der Waals surface area contributed by atoms with E-state index in [2.05, 4.69) is 26.1 Å². The first kappa shape index (κ1) is 12.4. The maximum absolute atomic E-state index is 5.42. The van der Waals surface area contributed by atoms with Gasteiger partial charge in [-0.3, -0.25) is 0 Å². The van der Waals surface area contributed by atoms with Crippen LogP contribution in [0.25, 0.3) is 0 Å². The molecule has 1 saturated carbocycles. The van der Waals surface area contributed by atoms with Gasteiger partial charge in [0.2, 0.25) is 0 Å². The summed E-state index contributed by atoms with van der Waals surface area (Å²) in [5.41, 5.74) is 0.638. The lowest BCUT2D eigenvalue weighted by Crippen LogP contribution is -2.40. The second kappa shape index (κ2) is 5.05. The van der Waals surface area contributed by atoms with Crippen molar-refractivity contribution in [1.82, 2.24) is 5.32 Å². The lowest BCUT2D eigenvalue weighted by molar-refractivity contribution is 0.0549. The predicted octanol–water partition coefficient (Wildman–Crippen LogP) is 2.83. The second-order valence-electron chi connectivity index (χ2n) is 6.14. The van der Waals surface area contributed by atoms with E-state index in [0.717, 1.165) is 25.0 Å². The summed E-state index contributed by atoms with van der Waals surface area (Å²) in [5, 5.41) is 3.78. The minimum atomic E-state index is 0.638. The maximum Gasteiger partial charge on any atom is 0.0469 e. The Morgan fingerprint density at radius 1 is 1.19 bits per heavy atom. The maximum atomic E-state index is 5.42. The van der Waals surface area contributed by atoms with E-state index >= 15 is 0 Å².